The number of esters is 1. The molecule has 52 heavy (non-hydrogen) atoms. The van der Waals surface area contributed by atoms with Crippen molar-refractivity contribution in [1.29, 1.82) is 0 Å². The van der Waals surface area contributed by atoms with Gasteiger partial charge in [0.05, 0.1) is 28.0 Å². The lowest BCUT2D eigenvalue weighted by molar-refractivity contribution is -0.177. The number of H-pyrrole nitrogens is 1. The molecule has 0 saturated heterocycles. The van der Waals surface area contributed by atoms with Crippen LogP contribution in [0.25, 0.3) is 10.9 Å². The monoisotopic (exact) mass is 745 g/mol. The number of ether oxygens (including phenoxy) is 3. The molecule has 6 rings (SSSR count). The molecule has 11 nitrogen and oxygen atoms in total. The molecule has 0 unspecified atom stereocenters. The number of hydrogen-bond acceptors (Lipinski definition) is 12. The highest BCUT2D eigenvalue weighted by Gasteiger charge is 2.49. The van der Waals surface area contributed by atoms with Crippen molar-refractivity contribution >= 4 is 46.0 Å². The second kappa shape index (κ2) is 17.3. The van der Waals surface area contributed by atoms with Gasteiger partial charge in [-0.2, -0.15) is 0 Å². The summed E-state index contributed by atoms with van der Waals surface area (Å²) in [5, 5.41) is 28.5. The Kier molecular flexibility index (Phi) is 12.4. The lowest BCUT2D eigenvalue weighted by Crippen LogP contribution is -2.43. The third kappa shape index (κ3) is 8.56. The number of rotatable bonds is 17. The first-order chi connectivity index (χ1) is 25.3. The zero-order valence-corrected chi connectivity index (χ0v) is 30.5. The molecule has 0 spiro atoms. The molecule has 0 radical (unpaired) electrons. The number of benzene rings is 2. The minimum atomic E-state index is -1.59. The summed E-state index contributed by atoms with van der Waals surface area (Å²) in [6.07, 6.45) is 3.05. The molecule has 3 aromatic heterocycles. The molecule has 1 saturated carbocycles. The number of nitrogens with one attached hydrogen (secondary N) is 2. The van der Waals surface area contributed by atoms with Crippen molar-refractivity contribution in [3.05, 3.63) is 115 Å². The van der Waals surface area contributed by atoms with Crippen LogP contribution in [0.4, 0.5) is 0 Å². The van der Waals surface area contributed by atoms with E-state index in [1.54, 1.807) is 24.3 Å². The molecule has 0 aliphatic heterocycles. The number of phenols is 1. The first kappa shape index (κ1) is 37.2. The average Bonchev–Trinajstić information content (AvgIpc) is 3.90. The molecular formula is C39H43N3O8S2. The summed E-state index contributed by atoms with van der Waals surface area (Å²) >= 11 is 2.71. The van der Waals surface area contributed by atoms with Crippen LogP contribution in [-0.4, -0.2) is 71.4 Å². The number of nitrogens with zero attached hydrogens (tertiary/aromatic N) is 1. The van der Waals surface area contributed by atoms with Crippen LogP contribution in [0.2, 0.25) is 0 Å². The Bertz CT molecular complexity index is 1920. The van der Waals surface area contributed by atoms with Crippen molar-refractivity contribution in [2.75, 3.05) is 26.7 Å². The maximum Gasteiger partial charge on any atom is 0.362 e. The summed E-state index contributed by atoms with van der Waals surface area (Å²) in [5.74, 6) is 0.196. The minimum absolute atomic E-state index is 0.0397. The van der Waals surface area contributed by atoms with Crippen LogP contribution in [0.3, 0.4) is 0 Å². The summed E-state index contributed by atoms with van der Waals surface area (Å²) in [6, 6.07) is 21.6. The van der Waals surface area contributed by atoms with Crippen LogP contribution < -0.4 is 15.6 Å². The largest absolute Gasteiger partial charge is 0.506 e. The van der Waals surface area contributed by atoms with Gasteiger partial charge in [0.25, 0.3) is 12.1 Å². The fourth-order valence-corrected chi connectivity index (χ4v) is 8.56. The molecule has 1 aliphatic rings. The molecule has 2 aromatic carbocycles. The topological polar surface area (TPSA) is 150 Å². The van der Waals surface area contributed by atoms with Crippen molar-refractivity contribution in [3.8, 4) is 11.5 Å². The van der Waals surface area contributed by atoms with Gasteiger partial charge in [0.1, 0.15) is 17.6 Å². The van der Waals surface area contributed by atoms with Gasteiger partial charge in [-0.1, -0.05) is 30.3 Å². The molecule has 0 bridgehead atoms. The van der Waals surface area contributed by atoms with Crippen molar-refractivity contribution in [3.63, 3.8) is 0 Å². The Hall–Kier alpha value is -4.53. The molecule has 3 heterocycles. The number of phenolic OH excluding ortho intramolecular Hbond substituents is 1. The first-order valence-electron chi connectivity index (χ1n) is 17.3. The summed E-state index contributed by atoms with van der Waals surface area (Å²) < 4.78 is 17.6. The van der Waals surface area contributed by atoms with E-state index in [1.165, 1.54) is 34.8 Å². The maximum atomic E-state index is 13.7. The maximum absolute atomic E-state index is 13.7. The Morgan fingerprint density at radius 2 is 1.73 bits per heavy atom. The van der Waals surface area contributed by atoms with Gasteiger partial charge in [-0.25, -0.2) is 4.79 Å². The zero-order valence-electron chi connectivity index (χ0n) is 28.9. The Balaban J connectivity index is 0.900. The van der Waals surface area contributed by atoms with E-state index in [0.717, 1.165) is 50.0 Å². The molecule has 1 atom stereocenters. The number of aliphatic hydroxyl groups excluding tert-OH is 1. The molecular weight excluding hydrogens is 703 g/mol. The minimum Gasteiger partial charge on any atom is -0.506 e. The van der Waals surface area contributed by atoms with Crippen LogP contribution >= 0.6 is 22.7 Å². The summed E-state index contributed by atoms with van der Waals surface area (Å²) in [7, 11) is 2.12. The van der Waals surface area contributed by atoms with E-state index < -0.39 is 17.7 Å². The lowest BCUT2D eigenvalue weighted by atomic mass is 9.91. The number of hydrogen-bond donors (Lipinski definition) is 4. The van der Waals surface area contributed by atoms with Crippen LogP contribution in [0.5, 0.6) is 11.5 Å². The van der Waals surface area contributed by atoms with E-state index in [0.29, 0.717) is 58.4 Å². The molecule has 13 heteroatoms. The normalized spacial score (nSPS) is 16.8. The summed E-state index contributed by atoms with van der Waals surface area (Å²) in [5.41, 5.74) is 0.0639. The highest BCUT2D eigenvalue weighted by atomic mass is 32.1. The Morgan fingerprint density at radius 1 is 1.02 bits per heavy atom. The number of aromatic nitrogens is 1. The van der Waals surface area contributed by atoms with E-state index in [-0.39, 0.29) is 17.4 Å². The lowest BCUT2D eigenvalue weighted by Gasteiger charge is -2.36. The number of pyridine rings is 1. The fourth-order valence-electron chi connectivity index (χ4n) is 6.76. The standard InChI is InChI=1S/C39H43N3O8S2/c1-42(27-9-13-29(14-10-27)50-38(47)39(49-25-43,34-5-2-21-51-34)35-6-3-22-52-35)19-4-20-48-28-11-7-26(8-12-28)23-40-24-33(45)30-15-17-32(44)37-31(30)16-18-36(46)41-37/h2-3,5-8,11-12,15-18,21-22,25,27,29,33,40,44-45H,4,9-10,13-14,19-20,23-24H2,1H3,(H,41,46)/t27-,29-,33-/m0/s1. The van der Waals surface area contributed by atoms with E-state index in [2.05, 4.69) is 22.2 Å². The van der Waals surface area contributed by atoms with E-state index in [4.69, 9.17) is 14.2 Å². The van der Waals surface area contributed by atoms with Crippen LogP contribution in [0.15, 0.2) is 88.4 Å². The van der Waals surface area contributed by atoms with Crippen LogP contribution in [-0.2, 0) is 31.2 Å². The number of aromatic amines is 1. The fraction of sp³-hybridized carbons (Fsp3) is 0.359. The molecule has 4 N–H and O–H groups in total. The van der Waals surface area contributed by atoms with Gasteiger partial charge in [-0.15, -0.1) is 22.7 Å². The SMILES string of the molecule is CN(CCCOc1ccc(CNC[C@H](O)c2ccc(O)c3[nH]c(=O)ccc23)cc1)[C@H]1CC[C@H](OC(=O)C(OC=O)(c2cccs2)c2cccs2)CC1. The Labute approximate surface area is 309 Å². The third-order valence-corrected chi connectivity index (χ3v) is 11.5. The average molecular weight is 746 g/mol. The second-order valence-corrected chi connectivity index (χ2v) is 14.8. The number of fused-ring (bicyclic) bond motifs is 1. The third-order valence-electron chi connectivity index (χ3n) is 9.57. The number of aliphatic hydroxyl groups is 1. The highest BCUT2D eigenvalue weighted by Crippen LogP contribution is 2.41. The van der Waals surface area contributed by atoms with Crippen molar-refractivity contribution < 1.29 is 34.0 Å². The van der Waals surface area contributed by atoms with Gasteiger partial charge >= 0.3 is 5.97 Å². The number of thiophene rings is 2. The summed E-state index contributed by atoms with van der Waals surface area (Å²) in [6.45, 7) is 2.62. The number of carbonyl (C=O) groups excluding carboxylic acids is 2. The highest BCUT2D eigenvalue weighted by molar-refractivity contribution is 7.12. The van der Waals surface area contributed by atoms with E-state index >= 15 is 0 Å². The van der Waals surface area contributed by atoms with Crippen LogP contribution in [0, 0.1) is 0 Å². The zero-order chi connectivity index (χ0) is 36.5. The molecule has 0 amide bonds. The van der Waals surface area contributed by atoms with Crippen LogP contribution in [0.1, 0.15) is 59.1 Å². The van der Waals surface area contributed by atoms with Gasteiger partial charge in [-0.3, -0.25) is 9.59 Å². The van der Waals surface area contributed by atoms with Gasteiger partial charge in [0.15, 0.2) is 0 Å². The molecule has 274 valence electrons. The molecule has 1 fully saturated rings. The van der Waals surface area contributed by atoms with E-state index in [1.807, 2.05) is 47.2 Å². The number of carbonyl (C=O) groups is 2. The van der Waals surface area contributed by atoms with Crippen molar-refractivity contribution in [2.45, 2.75) is 62.5 Å². The number of aromatic hydroxyl groups is 1. The van der Waals surface area contributed by atoms with Gasteiger partial charge in [0.2, 0.25) is 5.56 Å². The predicted molar refractivity (Wildman–Crippen MR) is 201 cm³/mol. The predicted octanol–water partition coefficient (Wildman–Crippen LogP) is 5.85. The summed E-state index contributed by atoms with van der Waals surface area (Å²) in [4.78, 5) is 43.2. The van der Waals surface area contributed by atoms with Gasteiger partial charge in [0, 0.05) is 37.1 Å². The second-order valence-electron chi connectivity index (χ2n) is 12.9. The van der Waals surface area contributed by atoms with Gasteiger partial charge < -0.3 is 39.6 Å². The molecule has 1 aliphatic carbocycles. The van der Waals surface area contributed by atoms with Crippen molar-refractivity contribution in [2.24, 2.45) is 0 Å². The Morgan fingerprint density at radius 3 is 2.38 bits per heavy atom. The van der Waals surface area contributed by atoms with E-state index in [9.17, 15) is 24.6 Å². The first-order valence-corrected chi connectivity index (χ1v) is 19.1. The van der Waals surface area contributed by atoms with Gasteiger partial charge in [-0.05, 0) is 97.4 Å². The van der Waals surface area contributed by atoms with Crippen molar-refractivity contribution in [1.82, 2.24) is 15.2 Å². The smallest absolute Gasteiger partial charge is 0.362 e. The quantitative estimate of drug-likeness (QED) is 0.0519. The molecule has 5 aromatic rings.